The van der Waals surface area contributed by atoms with Crippen molar-refractivity contribution < 1.29 is 19.2 Å². The summed E-state index contributed by atoms with van der Waals surface area (Å²) in [6.07, 6.45) is 18.1. The average molecular weight is 357 g/mol. The van der Waals surface area contributed by atoms with E-state index in [0.717, 1.165) is 0 Å². The summed E-state index contributed by atoms with van der Waals surface area (Å²) in [5, 5.41) is 0. The molecule has 0 saturated heterocycles. The van der Waals surface area contributed by atoms with Gasteiger partial charge in [-0.2, -0.15) is 0 Å². The summed E-state index contributed by atoms with van der Waals surface area (Å²) in [7, 11) is -5.49. The maximum atomic E-state index is 7.33. The van der Waals surface area contributed by atoms with E-state index in [2.05, 4.69) is 27.7 Å². The Bertz CT molecular complexity index is 191. The molecule has 0 aliphatic heterocycles. The minimum Gasteiger partial charge on any atom is -0.368 e. The third-order valence-electron chi connectivity index (χ3n) is 4.24. The van der Waals surface area contributed by atoms with Gasteiger partial charge in [0.1, 0.15) is 0 Å². The summed E-state index contributed by atoms with van der Waals surface area (Å²) in [6, 6.07) is 0. The van der Waals surface area contributed by atoms with Crippen molar-refractivity contribution in [3.63, 3.8) is 0 Å². The first-order valence-electron chi connectivity index (χ1n) is 9.14. The van der Waals surface area contributed by atoms with Gasteiger partial charge in [-0.25, -0.2) is 0 Å². The average Bonchev–Trinajstić information content (AvgIpc) is 2.44. The Morgan fingerprint density at radius 1 is 0.545 bits per heavy atom. The fourth-order valence-corrected chi connectivity index (χ4v) is 8.87. The molecule has 0 amide bonds. The van der Waals surface area contributed by atoms with Crippen molar-refractivity contribution in [2.24, 2.45) is 0 Å². The van der Waals surface area contributed by atoms with Crippen LogP contribution in [0.4, 0.5) is 0 Å². The van der Waals surface area contributed by atoms with Crippen LogP contribution in [0.1, 0.15) is 79.1 Å². The number of rotatable bonds is 12. The number of hydrogen-bond acceptors (Lipinski definition) is 4. The third-order valence-corrected chi connectivity index (χ3v) is 9.90. The van der Waals surface area contributed by atoms with Crippen LogP contribution < -0.4 is 0 Å². The van der Waals surface area contributed by atoms with Crippen LogP contribution in [0.3, 0.4) is 0 Å². The molecule has 0 radical (unpaired) electrons. The zero-order valence-corrected chi connectivity index (χ0v) is 17.3. The van der Waals surface area contributed by atoms with Crippen LogP contribution in [0.5, 0.6) is 0 Å². The van der Waals surface area contributed by atoms with Crippen LogP contribution in [0.2, 0.25) is 0 Å². The molecule has 6 heteroatoms. The van der Waals surface area contributed by atoms with E-state index in [1.165, 1.54) is 51.4 Å². The minimum absolute atomic E-state index is 0.879. The van der Waals surface area contributed by atoms with Crippen molar-refractivity contribution in [3.8, 4) is 0 Å². The molecule has 0 atom stereocenters. The molecular weight excluding hydrogens is 315 g/mol. The standard InChI is InChI=1S/C16H37P.H4O4Si/c1-5-9-13-17(14-10-6-2,15-11-7-3)16-12-8-4;1-5(2,3)4/h17H,5-16H2,1-4H3;1-4H. The predicted octanol–water partition coefficient (Wildman–Crippen LogP) is 3.33. The molecule has 0 aromatic heterocycles. The Labute approximate surface area is 139 Å². The first kappa shape index (κ1) is 24.7. The van der Waals surface area contributed by atoms with Gasteiger partial charge in [0.05, 0.1) is 0 Å². The van der Waals surface area contributed by atoms with Gasteiger partial charge in [-0.3, -0.25) is 0 Å². The van der Waals surface area contributed by atoms with Gasteiger partial charge in [-0.05, 0) is 0 Å². The summed E-state index contributed by atoms with van der Waals surface area (Å²) < 4.78 is 0. The molecule has 0 spiro atoms. The fraction of sp³-hybridized carbons (Fsp3) is 1.00. The third kappa shape index (κ3) is 18.5. The fourth-order valence-electron chi connectivity index (χ4n) is 2.96. The van der Waals surface area contributed by atoms with Crippen molar-refractivity contribution in [2.75, 3.05) is 24.6 Å². The molecule has 0 saturated carbocycles. The molecule has 0 aliphatic carbocycles. The normalized spacial score (nSPS) is 12.7. The van der Waals surface area contributed by atoms with E-state index in [9.17, 15) is 0 Å². The molecular formula is C16H41O4PSi. The van der Waals surface area contributed by atoms with Crippen LogP contribution in [-0.4, -0.2) is 52.9 Å². The Kier molecular flexibility index (Phi) is 16.9. The minimum atomic E-state index is -4.61. The molecule has 0 aromatic rings. The van der Waals surface area contributed by atoms with E-state index in [1.807, 2.05) is 0 Å². The van der Waals surface area contributed by atoms with Crippen LogP contribution >= 0.6 is 7.26 Å². The smallest absolute Gasteiger partial charge is 0.368 e. The van der Waals surface area contributed by atoms with Gasteiger partial charge in [0.2, 0.25) is 0 Å². The number of unbranched alkanes of at least 4 members (excludes halogenated alkanes) is 4. The molecule has 138 valence electrons. The maximum Gasteiger partial charge on any atom is 0.668 e. The predicted molar refractivity (Wildman–Crippen MR) is 102 cm³/mol. The molecule has 4 nitrogen and oxygen atoms in total. The maximum absolute atomic E-state index is 7.33. The van der Waals surface area contributed by atoms with Crippen LogP contribution in [0, 0.1) is 0 Å². The Balaban J connectivity index is 0. The van der Waals surface area contributed by atoms with Crippen molar-refractivity contribution in [3.05, 3.63) is 0 Å². The molecule has 0 aromatic carbocycles. The summed E-state index contributed by atoms with van der Waals surface area (Å²) in [4.78, 5) is 29.3. The second-order valence-electron chi connectivity index (χ2n) is 6.51. The van der Waals surface area contributed by atoms with Crippen molar-refractivity contribution in [1.82, 2.24) is 0 Å². The van der Waals surface area contributed by atoms with Gasteiger partial charge in [0.15, 0.2) is 0 Å². The monoisotopic (exact) mass is 356 g/mol. The SMILES string of the molecule is CCCC[PH](CCCC)(CCCC)CCCC.O[Si](O)(O)O. The van der Waals surface area contributed by atoms with E-state index in [4.69, 9.17) is 19.2 Å². The molecule has 4 N–H and O–H groups in total. The van der Waals surface area contributed by atoms with Gasteiger partial charge in [-0.15, -0.1) is 0 Å². The van der Waals surface area contributed by atoms with E-state index in [1.54, 1.807) is 24.6 Å². The van der Waals surface area contributed by atoms with Gasteiger partial charge >= 0.3 is 120 Å². The van der Waals surface area contributed by atoms with Gasteiger partial charge in [0, 0.05) is 0 Å². The largest absolute Gasteiger partial charge is 0.668 e. The van der Waals surface area contributed by atoms with Crippen LogP contribution in [0.25, 0.3) is 0 Å². The van der Waals surface area contributed by atoms with E-state index < -0.39 is 16.3 Å². The summed E-state index contributed by atoms with van der Waals surface area (Å²) in [5.74, 6) is 0. The van der Waals surface area contributed by atoms with Crippen molar-refractivity contribution in [2.45, 2.75) is 79.1 Å². The van der Waals surface area contributed by atoms with Gasteiger partial charge in [-0.1, -0.05) is 0 Å². The van der Waals surface area contributed by atoms with Crippen LogP contribution in [-0.2, 0) is 0 Å². The molecule has 0 fully saturated rings. The Hall–Kier alpha value is 0.487. The van der Waals surface area contributed by atoms with Gasteiger partial charge in [0.25, 0.3) is 0 Å². The second kappa shape index (κ2) is 15.0. The van der Waals surface area contributed by atoms with Crippen molar-refractivity contribution in [1.29, 1.82) is 0 Å². The quantitative estimate of drug-likeness (QED) is 0.319. The molecule has 0 unspecified atom stereocenters. The molecule has 0 heterocycles. The zero-order valence-electron chi connectivity index (χ0n) is 15.3. The molecule has 0 rings (SSSR count). The van der Waals surface area contributed by atoms with Gasteiger partial charge < -0.3 is 19.2 Å². The summed E-state index contributed by atoms with van der Waals surface area (Å²) >= 11 is 0. The van der Waals surface area contributed by atoms with Crippen molar-refractivity contribution >= 4 is 16.3 Å². The Morgan fingerprint density at radius 2 is 0.727 bits per heavy atom. The van der Waals surface area contributed by atoms with Crippen LogP contribution in [0.15, 0.2) is 0 Å². The topological polar surface area (TPSA) is 80.9 Å². The molecule has 22 heavy (non-hydrogen) atoms. The summed E-state index contributed by atoms with van der Waals surface area (Å²) in [6.45, 7) is 9.44. The summed E-state index contributed by atoms with van der Waals surface area (Å²) in [5.41, 5.74) is 0. The first-order chi connectivity index (χ1) is 10.2. The second-order valence-corrected chi connectivity index (χ2v) is 12.7. The zero-order chi connectivity index (χ0) is 17.5. The van der Waals surface area contributed by atoms with E-state index >= 15 is 0 Å². The molecule has 0 bridgehead atoms. The van der Waals surface area contributed by atoms with E-state index in [0.29, 0.717) is 0 Å². The first-order valence-corrected chi connectivity index (χ1v) is 13.8. The molecule has 0 aliphatic rings. The Morgan fingerprint density at radius 3 is 0.864 bits per heavy atom. The number of hydrogen-bond donors (Lipinski definition) is 4. The van der Waals surface area contributed by atoms with E-state index in [-0.39, 0.29) is 0 Å².